The van der Waals surface area contributed by atoms with Gasteiger partial charge in [-0.2, -0.15) is 25.3 Å². The fourth-order valence-corrected chi connectivity index (χ4v) is 1.10. The van der Waals surface area contributed by atoms with E-state index in [1.807, 2.05) is 6.26 Å². The minimum atomic E-state index is -0.767. The molecular formula is C6H15NO2S2. The number of carbonyl (C=O) groups is 1. The van der Waals surface area contributed by atoms with E-state index < -0.39 is 5.97 Å². The minimum absolute atomic E-state index is 0. The van der Waals surface area contributed by atoms with Gasteiger partial charge >= 0.3 is 5.97 Å². The summed E-state index contributed by atoms with van der Waals surface area (Å²) in [6.07, 6.45) is 2.65. The summed E-state index contributed by atoms with van der Waals surface area (Å²) in [6.45, 7) is 0. The number of carboxylic acid groups (broad SMARTS) is 1. The van der Waals surface area contributed by atoms with Crippen LogP contribution in [0.15, 0.2) is 0 Å². The van der Waals surface area contributed by atoms with Crippen LogP contribution in [0.1, 0.15) is 6.42 Å². The number of carboxylic acids is 1. The van der Waals surface area contributed by atoms with Crippen molar-refractivity contribution >= 4 is 31.2 Å². The average Bonchev–Trinajstić information content (AvgIpc) is 1.89. The average molecular weight is 197 g/mol. The van der Waals surface area contributed by atoms with Crippen molar-refractivity contribution in [3.8, 4) is 0 Å². The second-order valence-corrected chi connectivity index (χ2v) is 2.95. The molecule has 0 heterocycles. The maximum absolute atomic E-state index is 10.4. The zero-order valence-electron chi connectivity index (χ0n) is 6.76. The Morgan fingerprint density at radius 2 is 2.27 bits per heavy atom. The largest absolute Gasteiger partial charge is 0.480 e. The van der Waals surface area contributed by atoms with Gasteiger partial charge in [-0.25, -0.2) is 0 Å². The van der Waals surface area contributed by atoms with Gasteiger partial charge in [0.15, 0.2) is 0 Å². The molecule has 0 aliphatic carbocycles. The number of hydrogen-bond acceptors (Lipinski definition) is 3. The number of hydrogen-bond donors (Lipinski definition) is 2. The molecule has 0 fully saturated rings. The van der Waals surface area contributed by atoms with Gasteiger partial charge in [-0.05, 0) is 25.5 Å². The van der Waals surface area contributed by atoms with Crippen LogP contribution < -0.4 is 5.32 Å². The van der Waals surface area contributed by atoms with Crippen molar-refractivity contribution in [2.24, 2.45) is 0 Å². The Kier molecular flexibility index (Phi) is 10.2. The Bertz CT molecular complexity index is 111. The lowest BCUT2D eigenvalue weighted by Gasteiger charge is -2.08. The molecule has 11 heavy (non-hydrogen) atoms. The molecule has 1 atom stereocenters. The van der Waals surface area contributed by atoms with E-state index in [4.69, 9.17) is 5.11 Å². The Morgan fingerprint density at radius 1 is 1.73 bits per heavy atom. The zero-order chi connectivity index (χ0) is 7.98. The van der Waals surface area contributed by atoms with Crippen LogP contribution >= 0.6 is 25.3 Å². The molecule has 0 aromatic heterocycles. The van der Waals surface area contributed by atoms with Crippen molar-refractivity contribution in [3.05, 3.63) is 0 Å². The Balaban J connectivity index is 0. The van der Waals surface area contributed by atoms with E-state index in [-0.39, 0.29) is 19.5 Å². The summed E-state index contributed by atoms with van der Waals surface area (Å²) < 4.78 is 0. The Hall–Kier alpha value is 0.130. The summed E-state index contributed by atoms with van der Waals surface area (Å²) in [5.41, 5.74) is 0. The molecule has 0 aliphatic heterocycles. The normalized spacial score (nSPS) is 11.8. The first-order valence-corrected chi connectivity index (χ1v) is 4.50. The highest BCUT2D eigenvalue weighted by atomic mass is 32.2. The van der Waals surface area contributed by atoms with Crippen molar-refractivity contribution in [3.63, 3.8) is 0 Å². The van der Waals surface area contributed by atoms with Crippen LogP contribution in [0.4, 0.5) is 0 Å². The van der Waals surface area contributed by atoms with Crippen molar-refractivity contribution in [2.75, 3.05) is 19.1 Å². The molecule has 0 aromatic rings. The van der Waals surface area contributed by atoms with Crippen molar-refractivity contribution in [1.29, 1.82) is 0 Å². The van der Waals surface area contributed by atoms with Crippen LogP contribution in [0.25, 0.3) is 0 Å². The van der Waals surface area contributed by atoms with E-state index in [2.05, 4.69) is 5.32 Å². The molecule has 3 nitrogen and oxygen atoms in total. The van der Waals surface area contributed by atoms with Crippen LogP contribution in [0.5, 0.6) is 0 Å². The van der Waals surface area contributed by atoms with Gasteiger partial charge in [-0.1, -0.05) is 0 Å². The zero-order valence-corrected chi connectivity index (χ0v) is 8.57. The number of nitrogens with one attached hydrogen (secondary N) is 1. The highest BCUT2D eigenvalue weighted by Crippen LogP contribution is 1.99. The fourth-order valence-electron chi connectivity index (χ4n) is 0.627. The first kappa shape index (κ1) is 13.7. The van der Waals surface area contributed by atoms with E-state index in [0.717, 1.165) is 5.75 Å². The lowest BCUT2D eigenvalue weighted by Crippen LogP contribution is -2.34. The summed E-state index contributed by atoms with van der Waals surface area (Å²) in [5.74, 6) is 0.120. The molecule has 0 spiro atoms. The SMILES string of the molecule is CN[C@H](CCSC)C(=O)O.S. The number of aliphatic carboxylic acids is 1. The highest BCUT2D eigenvalue weighted by Gasteiger charge is 2.12. The van der Waals surface area contributed by atoms with Gasteiger partial charge in [0.1, 0.15) is 6.04 Å². The monoisotopic (exact) mass is 197 g/mol. The molecule has 68 valence electrons. The third-order valence-corrected chi connectivity index (χ3v) is 1.90. The molecule has 0 saturated carbocycles. The molecule has 0 radical (unpaired) electrons. The summed E-state index contributed by atoms with van der Waals surface area (Å²) in [4.78, 5) is 10.4. The van der Waals surface area contributed by atoms with E-state index >= 15 is 0 Å². The maximum atomic E-state index is 10.4. The Morgan fingerprint density at radius 3 is 2.55 bits per heavy atom. The van der Waals surface area contributed by atoms with Crippen LogP contribution in [-0.2, 0) is 4.79 Å². The molecule has 0 bridgehead atoms. The second kappa shape index (κ2) is 8.23. The number of thioether (sulfide) groups is 1. The first-order chi connectivity index (χ1) is 4.72. The third kappa shape index (κ3) is 6.52. The van der Waals surface area contributed by atoms with Crippen molar-refractivity contribution in [2.45, 2.75) is 12.5 Å². The Labute approximate surface area is 78.4 Å². The van der Waals surface area contributed by atoms with Crippen LogP contribution in [-0.4, -0.2) is 36.2 Å². The smallest absolute Gasteiger partial charge is 0.320 e. The summed E-state index contributed by atoms with van der Waals surface area (Å²) in [7, 11) is 1.67. The van der Waals surface area contributed by atoms with Gasteiger partial charge in [-0.3, -0.25) is 4.79 Å². The molecule has 5 heteroatoms. The van der Waals surface area contributed by atoms with E-state index in [0.29, 0.717) is 6.42 Å². The predicted octanol–water partition coefficient (Wildman–Crippen LogP) is 0.525. The maximum Gasteiger partial charge on any atom is 0.320 e. The molecule has 0 aromatic carbocycles. The van der Waals surface area contributed by atoms with Gasteiger partial charge in [0, 0.05) is 0 Å². The fraction of sp³-hybridized carbons (Fsp3) is 0.833. The second-order valence-electron chi connectivity index (χ2n) is 1.96. The first-order valence-electron chi connectivity index (χ1n) is 3.11. The summed E-state index contributed by atoms with van der Waals surface area (Å²) in [6, 6.07) is -0.382. The van der Waals surface area contributed by atoms with Gasteiger partial charge in [0.25, 0.3) is 0 Å². The highest BCUT2D eigenvalue weighted by molar-refractivity contribution is 7.98. The molecular weight excluding hydrogens is 182 g/mol. The number of rotatable bonds is 5. The molecule has 0 aliphatic rings. The van der Waals surface area contributed by atoms with Gasteiger partial charge in [0.2, 0.25) is 0 Å². The van der Waals surface area contributed by atoms with E-state index in [9.17, 15) is 4.79 Å². The minimum Gasteiger partial charge on any atom is -0.480 e. The van der Waals surface area contributed by atoms with Gasteiger partial charge in [0.05, 0.1) is 0 Å². The third-order valence-electron chi connectivity index (χ3n) is 1.26. The number of likely N-dealkylation sites (N-methyl/N-ethyl adjacent to an activating group) is 1. The lowest BCUT2D eigenvalue weighted by atomic mass is 10.2. The van der Waals surface area contributed by atoms with Crippen LogP contribution in [0.2, 0.25) is 0 Å². The van der Waals surface area contributed by atoms with E-state index in [1.54, 1.807) is 18.8 Å². The molecule has 0 amide bonds. The van der Waals surface area contributed by atoms with Crippen molar-refractivity contribution < 1.29 is 9.90 Å². The predicted molar refractivity (Wildman–Crippen MR) is 53.9 cm³/mol. The standard InChI is InChI=1S/C6H13NO2S.H2S/c1-7-5(6(8)9)3-4-10-2;/h5,7H,3-4H2,1-2H3,(H,8,9);1H2/t5-;/m1./s1. The summed E-state index contributed by atoms with van der Waals surface area (Å²) >= 11 is 1.66. The van der Waals surface area contributed by atoms with E-state index in [1.165, 1.54) is 0 Å². The van der Waals surface area contributed by atoms with Crippen molar-refractivity contribution in [1.82, 2.24) is 5.32 Å². The quantitative estimate of drug-likeness (QED) is 0.675. The molecule has 0 rings (SSSR count). The van der Waals surface area contributed by atoms with Gasteiger partial charge in [-0.15, -0.1) is 0 Å². The van der Waals surface area contributed by atoms with Crippen LogP contribution in [0, 0.1) is 0 Å². The molecule has 0 saturated heterocycles. The topological polar surface area (TPSA) is 49.3 Å². The van der Waals surface area contributed by atoms with Crippen LogP contribution in [0.3, 0.4) is 0 Å². The molecule has 0 unspecified atom stereocenters. The van der Waals surface area contributed by atoms with Gasteiger partial charge < -0.3 is 10.4 Å². The lowest BCUT2D eigenvalue weighted by molar-refractivity contribution is -0.139. The summed E-state index contributed by atoms with van der Waals surface area (Å²) in [5, 5.41) is 11.3. The molecule has 2 N–H and O–H groups in total.